The molecule has 13 heavy (non-hydrogen) atoms. The number of anilines is 1. The molecule has 70 valence electrons. The summed E-state index contributed by atoms with van der Waals surface area (Å²) >= 11 is 3.21. The van der Waals surface area contributed by atoms with Crippen LogP contribution in [0.1, 0.15) is 11.3 Å². The molecule has 0 saturated heterocycles. The van der Waals surface area contributed by atoms with E-state index in [0.717, 1.165) is 0 Å². The van der Waals surface area contributed by atoms with Crippen molar-refractivity contribution in [3.05, 3.63) is 25.8 Å². The molecule has 0 radical (unpaired) electrons. The first-order valence-corrected chi connectivity index (χ1v) is 4.31. The maximum Gasteiger partial charge on any atom is 0.315 e. The Bertz CT molecular complexity index is 378. The minimum absolute atomic E-state index is 0.0387. The summed E-state index contributed by atoms with van der Waals surface area (Å²) in [4.78, 5) is 13.9. The van der Waals surface area contributed by atoms with E-state index < -0.39 is 4.92 Å². The Kier molecular flexibility index (Phi) is 2.51. The van der Waals surface area contributed by atoms with Gasteiger partial charge in [-0.1, -0.05) is 0 Å². The summed E-state index contributed by atoms with van der Waals surface area (Å²) in [6, 6.07) is 0. The van der Waals surface area contributed by atoms with Gasteiger partial charge in [0.25, 0.3) is 0 Å². The van der Waals surface area contributed by atoms with Gasteiger partial charge < -0.3 is 5.73 Å². The van der Waals surface area contributed by atoms with Crippen molar-refractivity contribution in [2.75, 3.05) is 5.73 Å². The average Bonchev–Trinajstić information content (AvgIpc) is 1.99. The van der Waals surface area contributed by atoms with Crippen LogP contribution >= 0.6 is 15.9 Å². The zero-order chi connectivity index (χ0) is 10.2. The summed E-state index contributed by atoms with van der Waals surface area (Å²) in [5.41, 5.74) is 6.45. The summed E-state index contributed by atoms with van der Waals surface area (Å²) in [7, 11) is 0. The minimum Gasteiger partial charge on any atom is -0.378 e. The monoisotopic (exact) mass is 245 g/mol. The van der Waals surface area contributed by atoms with E-state index in [2.05, 4.69) is 20.9 Å². The first-order chi connectivity index (χ1) is 5.95. The van der Waals surface area contributed by atoms with Gasteiger partial charge in [-0.25, -0.2) is 4.98 Å². The minimum atomic E-state index is -0.526. The molecule has 1 rings (SSSR count). The molecule has 1 aromatic rings. The zero-order valence-corrected chi connectivity index (χ0v) is 8.75. The fourth-order valence-corrected chi connectivity index (χ4v) is 1.36. The quantitative estimate of drug-likeness (QED) is 0.606. The number of pyridine rings is 1. The van der Waals surface area contributed by atoms with Crippen LogP contribution in [0.3, 0.4) is 0 Å². The first kappa shape index (κ1) is 9.91. The molecule has 1 heterocycles. The van der Waals surface area contributed by atoms with Gasteiger partial charge in [0.05, 0.1) is 10.6 Å². The highest BCUT2D eigenvalue weighted by Gasteiger charge is 2.20. The second-order valence-corrected chi connectivity index (χ2v) is 3.42. The Morgan fingerprint density at radius 2 is 2.08 bits per heavy atom. The molecule has 0 fully saturated rings. The van der Waals surface area contributed by atoms with E-state index in [4.69, 9.17) is 5.73 Å². The molecule has 0 aliphatic rings. The normalized spacial score (nSPS) is 10.1. The third kappa shape index (κ3) is 1.62. The highest BCUT2D eigenvalue weighted by molar-refractivity contribution is 9.10. The smallest absolute Gasteiger partial charge is 0.315 e. The van der Waals surface area contributed by atoms with Crippen LogP contribution in [0.15, 0.2) is 4.47 Å². The van der Waals surface area contributed by atoms with E-state index in [0.29, 0.717) is 15.7 Å². The number of nitrogens with two attached hydrogens (primary N) is 1. The topological polar surface area (TPSA) is 82.0 Å². The number of nitrogens with zero attached hydrogens (tertiary/aromatic N) is 2. The molecule has 0 bridgehead atoms. The lowest BCUT2D eigenvalue weighted by Crippen LogP contribution is -2.03. The van der Waals surface area contributed by atoms with Gasteiger partial charge in [-0.2, -0.15) is 0 Å². The lowest BCUT2D eigenvalue weighted by molar-refractivity contribution is -0.384. The number of aryl methyl sites for hydroxylation is 1. The van der Waals surface area contributed by atoms with E-state index in [1.165, 1.54) is 0 Å². The van der Waals surface area contributed by atoms with Crippen molar-refractivity contribution in [1.29, 1.82) is 0 Å². The van der Waals surface area contributed by atoms with Gasteiger partial charge in [-0.05, 0) is 29.8 Å². The van der Waals surface area contributed by atoms with Gasteiger partial charge in [-0.3, -0.25) is 10.1 Å². The molecule has 0 unspecified atom stereocenters. The lowest BCUT2D eigenvalue weighted by Gasteiger charge is -2.04. The van der Waals surface area contributed by atoms with Crippen molar-refractivity contribution in [3.8, 4) is 0 Å². The van der Waals surface area contributed by atoms with Crippen molar-refractivity contribution in [1.82, 2.24) is 4.98 Å². The molecule has 0 aliphatic carbocycles. The van der Waals surface area contributed by atoms with Crippen molar-refractivity contribution >= 4 is 27.4 Å². The fraction of sp³-hybridized carbons (Fsp3) is 0.286. The molecular formula is C7H8BrN3O2. The number of halogens is 1. The number of nitro groups is 1. The molecule has 6 heteroatoms. The molecule has 1 aromatic heterocycles. The number of nitrogen functional groups attached to an aromatic ring is 1. The Labute approximate surface area is 83.2 Å². The maximum atomic E-state index is 10.6. The van der Waals surface area contributed by atoms with Crippen molar-refractivity contribution in [3.63, 3.8) is 0 Å². The molecule has 0 atom stereocenters. The molecular weight excluding hydrogens is 238 g/mol. The largest absolute Gasteiger partial charge is 0.378 e. The van der Waals surface area contributed by atoms with Crippen LogP contribution < -0.4 is 5.73 Å². The number of rotatable bonds is 1. The Balaban J connectivity index is 3.53. The maximum absolute atomic E-state index is 10.6. The van der Waals surface area contributed by atoms with Crippen LogP contribution in [0.5, 0.6) is 0 Å². The third-order valence-electron chi connectivity index (χ3n) is 1.72. The predicted octanol–water partition coefficient (Wildman–Crippen LogP) is 1.95. The van der Waals surface area contributed by atoms with E-state index >= 15 is 0 Å². The third-order valence-corrected chi connectivity index (χ3v) is 2.88. The summed E-state index contributed by atoms with van der Waals surface area (Å²) < 4.78 is 0.633. The first-order valence-electron chi connectivity index (χ1n) is 3.51. The van der Waals surface area contributed by atoms with Gasteiger partial charge in [-0.15, -0.1) is 0 Å². The molecule has 0 spiro atoms. The standard InChI is InChI=1S/C7H8BrN3O2/c1-3-5(8)4(2)10-7(9)6(3)11(12)13/h1-2H3,(H2,9,10). The van der Waals surface area contributed by atoms with E-state index in [9.17, 15) is 10.1 Å². The highest BCUT2D eigenvalue weighted by Crippen LogP contribution is 2.31. The molecule has 0 saturated carbocycles. The van der Waals surface area contributed by atoms with Gasteiger partial charge in [0.2, 0.25) is 5.82 Å². The van der Waals surface area contributed by atoms with Crippen LogP contribution in [0.2, 0.25) is 0 Å². The summed E-state index contributed by atoms with van der Waals surface area (Å²) in [5, 5.41) is 10.6. The molecule has 0 aliphatic heterocycles. The van der Waals surface area contributed by atoms with Crippen LogP contribution in [0, 0.1) is 24.0 Å². The van der Waals surface area contributed by atoms with Gasteiger partial charge in [0.1, 0.15) is 0 Å². The number of hydrogen-bond donors (Lipinski definition) is 1. The lowest BCUT2D eigenvalue weighted by atomic mass is 10.2. The van der Waals surface area contributed by atoms with E-state index in [-0.39, 0.29) is 11.5 Å². The molecule has 2 N–H and O–H groups in total. The SMILES string of the molecule is Cc1nc(N)c([N+](=O)[O-])c(C)c1Br. The summed E-state index contributed by atoms with van der Waals surface area (Å²) in [6.07, 6.45) is 0. The van der Waals surface area contributed by atoms with E-state index in [1.807, 2.05) is 0 Å². The van der Waals surface area contributed by atoms with Crippen molar-refractivity contribution < 1.29 is 4.92 Å². The Morgan fingerprint density at radius 3 is 2.54 bits per heavy atom. The second kappa shape index (κ2) is 3.29. The van der Waals surface area contributed by atoms with Gasteiger partial charge in [0, 0.05) is 10.0 Å². The van der Waals surface area contributed by atoms with Crippen LogP contribution in [-0.2, 0) is 0 Å². The van der Waals surface area contributed by atoms with Crippen LogP contribution in [-0.4, -0.2) is 9.91 Å². The highest BCUT2D eigenvalue weighted by atomic mass is 79.9. The fourth-order valence-electron chi connectivity index (χ4n) is 1.08. The van der Waals surface area contributed by atoms with E-state index in [1.54, 1.807) is 13.8 Å². The summed E-state index contributed by atoms with van der Waals surface area (Å²) in [6.45, 7) is 3.37. The second-order valence-electron chi connectivity index (χ2n) is 2.63. The predicted molar refractivity (Wildman–Crippen MR) is 52.5 cm³/mol. The van der Waals surface area contributed by atoms with Gasteiger partial charge >= 0.3 is 5.69 Å². The van der Waals surface area contributed by atoms with Gasteiger partial charge in [0.15, 0.2) is 0 Å². The summed E-state index contributed by atoms with van der Waals surface area (Å²) in [5.74, 6) is -0.0387. The zero-order valence-electron chi connectivity index (χ0n) is 7.17. The number of hydrogen-bond acceptors (Lipinski definition) is 4. The number of aromatic nitrogens is 1. The Morgan fingerprint density at radius 1 is 1.54 bits per heavy atom. The molecule has 0 amide bonds. The van der Waals surface area contributed by atoms with Crippen molar-refractivity contribution in [2.45, 2.75) is 13.8 Å². The van der Waals surface area contributed by atoms with Crippen LogP contribution in [0.4, 0.5) is 11.5 Å². The molecule has 0 aromatic carbocycles. The van der Waals surface area contributed by atoms with Crippen molar-refractivity contribution in [2.24, 2.45) is 0 Å². The Hall–Kier alpha value is -1.17. The average molecular weight is 246 g/mol. The molecule has 5 nitrogen and oxygen atoms in total. The van der Waals surface area contributed by atoms with Crippen LogP contribution in [0.25, 0.3) is 0 Å².